The molecule has 2 amide bonds. The Morgan fingerprint density at radius 2 is 1.90 bits per heavy atom. The summed E-state index contributed by atoms with van der Waals surface area (Å²) in [6.07, 6.45) is 0.0927. The normalized spacial score (nSPS) is 10.4. The maximum absolute atomic E-state index is 13.3. The van der Waals surface area contributed by atoms with E-state index in [1.165, 1.54) is 12.1 Å². The van der Waals surface area contributed by atoms with Gasteiger partial charge in [0.15, 0.2) is 11.6 Å². The van der Waals surface area contributed by atoms with Crippen molar-refractivity contribution in [2.75, 3.05) is 13.1 Å². The van der Waals surface area contributed by atoms with Crippen molar-refractivity contribution in [3.8, 4) is 0 Å². The van der Waals surface area contributed by atoms with Gasteiger partial charge < -0.3 is 10.6 Å². The molecule has 0 heterocycles. The lowest BCUT2D eigenvalue weighted by Crippen LogP contribution is -2.32. The molecule has 1 aromatic carbocycles. The monoisotopic (exact) mass is 284 g/mol. The van der Waals surface area contributed by atoms with Crippen molar-refractivity contribution in [3.63, 3.8) is 0 Å². The summed E-state index contributed by atoms with van der Waals surface area (Å²) in [5.74, 6) is -2.85. The SMILES string of the molecule is CC(C)CNC(=O)CCNC(=O)c1cccc(F)c1F. The first kappa shape index (κ1) is 16.1. The molecule has 0 radical (unpaired) electrons. The first-order chi connectivity index (χ1) is 9.41. The first-order valence-corrected chi connectivity index (χ1v) is 6.40. The average Bonchev–Trinajstić information content (AvgIpc) is 2.39. The van der Waals surface area contributed by atoms with E-state index in [9.17, 15) is 18.4 Å². The molecule has 0 aliphatic carbocycles. The van der Waals surface area contributed by atoms with Gasteiger partial charge in [0, 0.05) is 19.5 Å². The molecule has 110 valence electrons. The van der Waals surface area contributed by atoms with Gasteiger partial charge in [-0.3, -0.25) is 9.59 Å². The van der Waals surface area contributed by atoms with Gasteiger partial charge in [-0.2, -0.15) is 0 Å². The number of benzene rings is 1. The minimum Gasteiger partial charge on any atom is -0.356 e. The third kappa shape index (κ3) is 4.95. The first-order valence-electron chi connectivity index (χ1n) is 6.40. The maximum Gasteiger partial charge on any atom is 0.254 e. The molecule has 0 bridgehead atoms. The number of hydrogen-bond donors (Lipinski definition) is 2. The van der Waals surface area contributed by atoms with Crippen molar-refractivity contribution in [2.24, 2.45) is 5.92 Å². The van der Waals surface area contributed by atoms with Crippen LogP contribution < -0.4 is 10.6 Å². The van der Waals surface area contributed by atoms with Crippen LogP contribution in [-0.4, -0.2) is 24.9 Å². The van der Waals surface area contributed by atoms with E-state index in [1.54, 1.807) is 0 Å². The van der Waals surface area contributed by atoms with Gasteiger partial charge in [-0.15, -0.1) is 0 Å². The lowest BCUT2D eigenvalue weighted by Gasteiger charge is -2.08. The molecule has 0 atom stereocenters. The molecule has 0 aliphatic heterocycles. The fraction of sp³-hybridized carbons (Fsp3) is 0.429. The van der Waals surface area contributed by atoms with Crippen LogP contribution in [-0.2, 0) is 4.79 Å². The molecule has 1 rings (SSSR count). The van der Waals surface area contributed by atoms with E-state index >= 15 is 0 Å². The smallest absolute Gasteiger partial charge is 0.254 e. The zero-order valence-electron chi connectivity index (χ0n) is 11.5. The molecule has 0 unspecified atom stereocenters. The maximum atomic E-state index is 13.3. The van der Waals surface area contributed by atoms with Crippen LogP contribution in [0.15, 0.2) is 18.2 Å². The highest BCUT2D eigenvalue weighted by Gasteiger charge is 2.14. The Labute approximate surface area is 116 Å². The van der Waals surface area contributed by atoms with Crippen LogP contribution in [0.5, 0.6) is 0 Å². The summed E-state index contributed by atoms with van der Waals surface area (Å²) < 4.78 is 26.3. The molecule has 0 aliphatic rings. The average molecular weight is 284 g/mol. The number of carbonyl (C=O) groups excluding carboxylic acids is 2. The fourth-order valence-corrected chi connectivity index (χ4v) is 1.47. The molecular weight excluding hydrogens is 266 g/mol. The van der Waals surface area contributed by atoms with Gasteiger partial charge in [0.05, 0.1) is 5.56 Å². The number of amides is 2. The molecule has 0 aromatic heterocycles. The summed E-state index contributed by atoms with van der Waals surface area (Å²) in [6, 6.07) is 3.38. The Morgan fingerprint density at radius 1 is 1.20 bits per heavy atom. The molecular formula is C14H18F2N2O2. The van der Waals surface area contributed by atoms with Crippen molar-refractivity contribution in [2.45, 2.75) is 20.3 Å². The van der Waals surface area contributed by atoms with Gasteiger partial charge in [0.25, 0.3) is 5.91 Å². The highest BCUT2D eigenvalue weighted by molar-refractivity contribution is 5.94. The lowest BCUT2D eigenvalue weighted by atomic mass is 10.2. The van der Waals surface area contributed by atoms with Gasteiger partial charge in [0.1, 0.15) is 0 Å². The van der Waals surface area contributed by atoms with Crippen molar-refractivity contribution in [1.82, 2.24) is 10.6 Å². The van der Waals surface area contributed by atoms with Crippen molar-refractivity contribution >= 4 is 11.8 Å². The molecule has 4 nitrogen and oxygen atoms in total. The molecule has 0 fully saturated rings. The Kier molecular flexibility index (Phi) is 6.09. The van der Waals surface area contributed by atoms with E-state index in [0.717, 1.165) is 6.07 Å². The van der Waals surface area contributed by atoms with Gasteiger partial charge >= 0.3 is 0 Å². The quantitative estimate of drug-likeness (QED) is 0.837. The Balaban J connectivity index is 2.40. The van der Waals surface area contributed by atoms with Crippen molar-refractivity contribution in [1.29, 1.82) is 0 Å². The molecule has 1 aromatic rings. The lowest BCUT2D eigenvalue weighted by molar-refractivity contribution is -0.121. The van der Waals surface area contributed by atoms with E-state index < -0.39 is 17.5 Å². The second-order valence-electron chi connectivity index (χ2n) is 4.81. The van der Waals surface area contributed by atoms with E-state index in [1.807, 2.05) is 13.8 Å². The van der Waals surface area contributed by atoms with Crippen molar-refractivity contribution in [3.05, 3.63) is 35.4 Å². The zero-order valence-corrected chi connectivity index (χ0v) is 11.5. The molecule has 0 spiro atoms. The number of halogens is 2. The molecule has 0 saturated carbocycles. The summed E-state index contributed by atoms with van der Waals surface area (Å²) in [4.78, 5) is 23.0. The van der Waals surface area contributed by atoms with Crippen LogP contribution in [0, 0.1) is 17.6 Å². The third-order valence-corrected chi connectivity index (χ3v) is 2.54. The van der Waals surface area contributed by atoms with E-state index in [0.29, 0.717) is 12.5 Å². The predicted octanol–water partition coefficient (Wildman–Crippen LogP) is 1.86. The molecule has 0 saturated heterocycles. The van der Waals surface area contributed by atoms with Gasteiger partial charge in [-0.05, 0) is 18.1 Å². The number of nitrogens with one attached hydrogen (secondary N) is 2. The molecule has 6 heteroatoms. The second kappa shape index (κ2) is 7.57. The van der Waals surface area contributed by atoms with Crippen LogP contribution in [0.4, 0.5) is 8.78 Å². The Hall–Kier alpha value is -1.98. The van der Waals surface area contributed by atoms with Crippen LogP contribution in [0.1, 0.15) is 30.6 Å². The van der Waals surface area contributed by atoms with Gasteiger partial charge in [-0.1, -0.05) is 19.9 Å². The second-order valence-corrected chi connectivity index (χ2v) is 4.81. The van der Waals surface area contributed by atoms with Crippen LogP contribution in [0.2, 0.25) is 0 Å². The number of carbonyl (C=O) groups is 2. The topological polar surface area (TPSA) is 58.2 Å². The highest BCUT2D eigenvalue weighted by Crippen LogP contribution is 2.10. The summed E-state index contributed by atoms with van der Waals surface area (Å²) >= 11 is 0. The minimum absolute atomic E-state index is 0.0682. The Bertz CT molecular complexity index is 490. The summed E-state index contributed by atoms with van der Waals surface area (Å²) in [5, 5.41) is 5.07. The van der Waals surface area contributed by atoms with E-state index in [4.69, 9.17) is 0 Å². The third-order valence-electron chi connectivity index (χ3n) is 2.54. The number of rotatable bonds is 6. The summed E-state index contributed by atoms with van der Waals surface area (Å²) in [7, 11) is 0. The standard InChI is InChI=1S/C14H18F2N2O2/c1-9(2)8-18-12(19)6-7-17-14(20)10-4-3-5-11(15)13(10)16/h3-5,9H,6-8H2,1-2H3,(H,17,20)(H,18,19). The zero-order chi connectivity index (χ0) is 15.1. The summed E-state index contributed by atoms with van der Waals surface area (Å²) in [6.45, 7) is 4.56. The molecule has 2 N–H and O–H groups in total. The van der Waals surface area contributed by atoms with Crippen LogP contribution in [0.3, 0.4) is 0 Å². The largest absolute Gasteiger partial charge is 0.356 e. The minimum atomic E-state index is -1.19. The van der Waals surface area contributed by atoms with Gasteiger partial charge in [-0.25, -0.2) is 8.78 Å². The number of hydrogen-bond acceptors (Lipinski definition) is 2. The van der Waals surface area contributed by atoms with Crippen molar-refractivity contribution < 1.29 is 18.4 Å². The fourth-order valence-electron chi connectivity index (χ4n) is 1.47. The van der Waals surface area contributed by atoms with E-state index in [2.05, 4.69) is 10.6 Å². The van der Waals surface area contributed by atoms with Crippen LogP contribution >= 0.6 is 0 Å². The van der Waals surface area contributed by atoms with E-state index in [-0.39, 0.29) is 24.4 Å². The summed E-state index contributed by atoms with van der Waals surface area (Å²) in [5.41, 5.74) is -0.368. The molecule has 20 heavy (non-hydrogen) atoms. The Morgan fingerprint density at radius 3 is 2.55 bits per heavy atom. The predicted molar refractivity (Wildman–Crippen MR) is 71.2 cm³/mol. The highest BCUT2D eigenvalue weighted by atomic mass is 19.2. The van der Waals surface area contributed by atoms with Crippen LogP contribution in [0.25, 0.3) is 0 Å². The van der Waals surface area contributed by atoms with Gasteiger partial charge in [0.2, 0.25) is 5.91 Å².